The van der Waals surface area contributed by atoms with Crippen LogP contribution in [0.15, 0.2) is 54.7 Å². The third-order valence-electron chi connectivity index (χ3n) is 5.15. The van der Waals surface area contributed by atoms with E-state index in [0.717, 1.165) is 34.9 Å². The molecule has 4 heteroatoms. The Hall–Kier alpha value is -2.75. The summed E-state index contributed by atoms with van der Waals surface area (Å²) in [5.41, 5.74) is 3.27. The number of nitrogens with one attached hydrogen (secondary N) is 2. The average molecular weight is 334 g/mol. The number of phenols is 1. The van der Waals surface area contributed by atoms with Gasteiger partial charge in [0, 0.05) is 12.1 Å². The van der Waals surface area contributed by atoms with Gasteiger partial charge < -0.3 is 15.4 Å². The molecule has 1 amide bonds. The fourth-order valence-corrected chi connectivity index (χ4v) is 3.69. The smallest absolute Gasteiger partial charge is 0.224 e. The van der Waals surface area contributed by atoms with Gasteiger partial charge in [0.2, 0.25) is 5.91 Å². The molecule has 128 valence electrons. The van der Waals surface area contributed by atoms with Gasteiger partial charge in [-0.25, -0.2) is 0 Å². The standard InChI is InChI=1S/C21H22N2O2/c1-2-19(16-8-4-5-13-9-10-22-20(13)16)23-21(25)18-12-17(18)14-6-3-7-15(24)11-14/h3-11,17-19,22,24H,2,12H2,1H3,(H,23,25)/t17-,18+,19?/m0/s1. The Morgan fingerprint density at radius 2 is 2.12 bits per heavy atom. The van der Waals surface area contributed by atoms with Gasteiger partial charge in [-0.2, -0.15) is 0 Å². The second-order valence-electron chi connectivity index (χ2n) is 6.80. The summed E-state index contributed by atoms with van der Waals surface area (Å²) in [6.45, 7) is 2.09. The monoisotopic (exact) mass is 334 g/mol. The highest BCUT2D eigenvalue weighted by molar-refractivity contribution is 5.86. The van der Waals surface area contributed by atoms with Crippen molar-refractivity contribution in [3.05, 3.63) is 65.9 Å². The lowest BCUT2D eigenvalue weighted by Crippen LogP contribution is -2.30. The number of aromatic amines is 1. The number of benzene rings is 2. The molecular formula is C21H22N2O2. The molecule has 0 bridgehead atoms. The van der Waals surface area contributed by atoms with E-state index in [1.165, 1.54) is 0 Å². The lowest BCUT2D eigenvalue weighted by Gasteiger charge is -2.18. The molecule has 0 saturated heterocycles. The van der Waals surface area contributed by atoms with Crippen LogP contribution in [0.2, 0.25) is 0 Å². The Bertz CT molecular complexity index is 915. The first-order chi connectivity index (χ1) is 12.2. The van der Waals surface area contributed by atoms with E-state index in [1.807, 2.05) is 30.5 Å². The average Bonchev–Trinajstić information content (AvgIpc) is 3.28. The molecule has 1 fully saturated rings. The van der Waals surface area contributed by atoms with Gasteiger partial charge in [-0.3, -0.25) is 4.79 Å². The molecule has 1 aliphatic rings. The van der Waals surface area contributed by atoms with Crippen molar-refractivity contribution in [3.63, 3.8) is 0 Å². The Morgan fingerprint density at radius 1 is 1.28 bits per heavy atom. The fraction of sp³-hybridized carbons (Fsp3) is 0.286. The molecule has 0 radical (unpaired) electrons. The quantitative estimate of drug-likeness (QED) is 0.653. The number of carbonyl (C=O) groups excluding carboxylic acids is 1. The number of hydrogen-bond donors (Lipinski definition) is 3. The molecule has 0 aliphatic heterocycles. The number of fused-ring (bicyclic) bond motifs is 1. The Labute approximate surface area is 146 Å². The summed E-state index contributed by atoms with van der Waals surface area (Å²) in [7, 11) is 0. The molecule has 3 N–H and O–H groups in total. The van der Waals surface area contributed by atoms with Gasteiger partial charge in [0.15, 0.2) is 0 Å². The van der Waals surface area contributed by atoms with Gasteiger partial charge in [-0.05, 0) is 53.5 Å². The summed E-state index contributed by atoms with van der Waals surface area (Å²) < 4.78 is 0. The van der Waals surface area contributed by atoms with Crippen molar-refractivity contribution in [2.24, 2.45) is 5.92 Å². The zero-order valence-corrected chi connectivity index (χ0v) is 14.2. The normalized spacial score (nSPS) is 20.4. The Balaban J connectivity index is 1.49. The highest BCUT2D eigenvalue weighted by Gasteiger charge is 2.44. The number of aromatic hydroxyl groups is 1. The van der Waals surface area contributed by atoms with E-state index < -0.39 is 0 Å². The van der Waals surface area contributed by atoms with E-state index in [2.05, 4.69) is 29.4 Å². The van der Waals surface area contributed by atoms with Gasteiger partial charge in [-0.15, -0.1) is 0 Å². The number of rotatable bonds is 5. The zero-order valence-electron chi connectivity index (χ0n) is 14.2. The fourth-order valence-electron chi connectivity index (χ4n) is 3.69. The molecule has 25 heavy (non-hydrogen) atoms. The van der Waals surface area contributed by atoms with Crippen LogP contribution in [0.3, 0.4) is 0 Å². The van der Waals surface area contributed by atoms with Crippen molar-refractivity contribution in [3.8, 4) is 5.75 Å². The van der Waals surface area contributed by atoms with Crippen molar-refractivity contribution in [1.29, 1.82) is 0 Å². The van der Waals surface area contributed by atoms with Crippen molar-refractivity contribution in [2.45, 2.75) is 31.7 Å². The second-order valence-corrected chi connectivity index (χ2v) is 6.80. The molecule has 3 atom stereocenters. The van der Waals surface area contributed by atoms with Gasteiger partial charge >= 0.3 is 0 Å². The maximum atomic E-state index is 12.7. The van der Waals surface area contributed by atoms with E-state index in [-0.39, 0.29) is 29.5 Å². The van der Waals surface area contributed by atoms with Crippen molar-refractivity contribution < 1.29 is 9.90 Å². The van der Waals surface area contributed by atoms with E-state index in [0.29, 0.717) is 0 Å². The SMILES string of the molecule is CCC(NC(=O)[C@@H]1C[C@H]1c1cccc(O)c1)c1cccc2cc[nH]c12. The minimum atomic E-state index is -0.00121. The number of hydrogen-bond acceptors (Lipinski definition) is 2. The van der Waals surface area contributed by atoms with E-state index in [4.69, 9.17) is 0 Å². The Morgan fingerprint density at radius 3 is 2.92 bits per heavy atom. The number of amides is 1. The topological polar surface area (TPSA) is 65.1 Å². The van der Waals surface area contributed by atoms with Gasteiger partial charge in [-0.1, -0.05) is 37.3 Å². The van der Waals surface area contributed by atoms with Crippen LogP contribution in [0.25, 0.3) is 10.9 Å². The van der Waals surface area contributed by atoms with Gasteiger partial charge in [0.05, 0.1) is 11.6 Å². The summed E-state index contributed by atoms with van der Waals surface area (Å²) in [6, 6.07) is 15.5. The van der Waals surface area contributed by atoms with Crippen LogP contribution in [-0.4, -0.2) is 16.0 Å². The van der Waals surface area contributed by atoms with Gasteiger partial charge in [0.25, 0.3) is 0 Å². The highest BCUT2D eigenvalue weighted by Crippen LogP contribution is 2.48. The van der Waals surface area contributed by atoms with Crippen LogP contribution in [-0.2, 0) is 4.79 Å². The maximum absolute atomic E-state index is 12.7. The summed E-state index contributed by atoms with van der Waals surface area (Å²) in [4.78, 5) is 16.0. The third kappa shape index (κ3) is 3.00. The molecule has 1 aromatic heterocycles. The molecule has 1 heterocycles. The number of H-pyrrole nitrogens is 1. The van der Waals surface area contributed by atoms with Crippen molar-refractivity contribution in [2.75, 3.05) is 0 Å². The van der Waals surface area contributed by atoms with Crippen LogP contribution in [0.5, 0.6) is 5.75 Å². The lowest BCUT2D eigenvalue weighted by atomic mass is 10.0. The minimum Gasteiger partial charge on any atom is -0.508 e. The molecule has 1 aliphatic carbocycles. The molecule has 1 saturated carbocycles. The number of para-hydroxylation sites is 1. The molecule has 0 spiro atoms. The first-order valence-electron chi connectivity index (χ1n) is 8.82. The van der Waals surface area contributed by atoms with Gasteiger partial charge in [0.1, 0.15) is 5.75 Å². The summed E-state index contributed by atoms with van der Waals surface area (Å²) >= 11 is 0. The predicted molar refractivity (Wildman–Crippen MR) is 98.4 cm³/mol. The van der Waals surface area contributed by atoms with Crippen LogP contribution in [0, 0.1) is 5.92 Å². The summed E-state index contributed by atoms with van der Waals surface area (Å²) in [5, 5.41) is 14.0. The lowest BCUT2D eigenvalue weighted by molar-refractivity contribution is -0.123. The van der Waals surface area contributed by atoms with Crippen molar-refractivity contribution in [1.82, 2.24) is 10.3 Å². The van der Waals surface area contributed by atoms with E-state index in [1.54, 1.807) is 12.1 Å². The minimum absolute atomic E-state index is 0.000256. The number of phenolic OH excluding ortho intramolecular Hbond substituents is 1. The van der Waals surface area contributed by atoms with E-state index in [9.17, 15) is 9.90 Å². The third-order valence-corrected chi connectivity index (χ3v) is 5.15. The largest absolute Gasteiger partial charge is 0.508 e. The maximum Gasteiger partial charge on any atom is 0.224 e. The molecule has 1 unspecified atom stereocenters. The van der Waals surface area contributed by atoms with Crippen molar-refractivity contribution >= 4 is 16.8 Å². The second kappa shape index (κ2) is 6.28. The van der Waals surface area contributed by atoms with Crippen LogP contribution >= 0.6 is 0 Å². The number of carbonyl (C=O) groups is 1. The van der Waals surface area contributed by atoms with Crippen LogP contribution in [0.1, 0.15) is 42.9 Å². The number of aromatic nitrogens is 1. The molecule has 4 nitrogen and oxygen atoms in total. The summed E-state index contributed by atoms with van der Waals surface area (Å²) in [6.07, 6.45) is 3.62. The summed E-state index contributed by atoms with van der Waals surface area (Å²) in [5.74, 6) is 0.571. The van der Waals surface area contributed by atoms with E-state index >= 15 is 0 Å². The molecule has 3 aromatic rings. The molecule has 2 aromatic carbocycles. The molecular weight excluding hydrogens is 312 g/mol. The molecule has 4 rings (SSSR count). The van der Waals surface area contributed by atoms with Crippen LogP contribution < -0.4 is 5.32 Å². The zero-order chi connectivity index (χ0) is 17.4. The first kappa shape index (κ1) is 15.8. The van der Waals surface area contributed by atoms with Crippen LogP contribution in [0.4, 0.5) is 0 Å². The highest BCUT2D eigenvalue weighted by atomic mass is 16.3. The Kier molecular flexibility index (Phi) is 3.96. The first-order valence-corrected chi connectivity index (χ1v) is 8.82. The predicted octanol–water partition coefficient (Wildman–Crippen LogP) is 4.24.